The van der Waals surface area contributed by atoms with Gasteiger partial charge >= 0.3 is 0 Å². The number of hydrogen-bond donors (Lipinski definition) is 0. The van der Waals surface area contributed by atoms with Crippen molar-refractivity contribution in [3.05, 3.63) is 34.9 Å². The predicted octanol–water partition coefficient (Wildman–Crippen LogP) is 2.94. The summed E-state index contributed by atoms with van der Waals surface area (Å²) in [5.74, 6) is 0.187. The van der Waals surface area contributed by atoms with Crippen LogP contribution in [0.5, 0.6) is 0 Å². The number of halogens is 1. The second kappa shape index (κ2) is 6.70. The van der Waals surface area contributed by atoms with Crippen LogP contribution in [0.1, 0.15) is 30.1 Å². The lowest BCUT2D eigenvalue weighted by molar-refractivity contribution is 0.0799. The van der Waals surface area contributed by atoms with E-state index in [0.29, 0.717) is 11.1 Å². The molecule has 2 rings (SSSR count). The lowest BCUT2D eigenvalue weighted by atomic mass is 10.0. The van der Waals surface area contributed by atoms with E-state index in [9.17, 15) is 4.79 Å². The number of benzene rings is 1. The number of rotatable bonds is 5. The number of carbonyl (C=O) groups excluding carboxylic acids is 1. The summed E-state index contributed by atoms with van der Waals surface area (Å²) in [4.78, 5) is 17.1. The molecule has 1 aliphatic rings. The molecule has 0 spiro atoms. The fourth-order valence-electron chi connectivity index (χ4n) is 2.99. The summed E-state index contributed by atoms with van der Waals surface area (Å²) < 4.78 is 0. The van der Waals surface area contributed by atoms with E-state index < -0.39 is 0 Å². The van der Waals surface area contributed by atoms with E-state index in [1.807, 2.05) is 19.1 Å². The molecule has 1 aromatic carbocycles. The SMILES string of the molecule is CC(C(=O)c1ccc(Cl)cc1)N1CCCC1CN(C)C. The smallest absolute Gasteiger partial charge is 0.179 e. The van der Waals surface area contributed by atoms with Gasteiger partial charge in [0, 0.05) is 23.2 Å². The zero-order chi connectivity index (χ0) is 14.7. The number of nitrogens with zero attached hydrogens (tertiary/aromatic N) is 2. The maximum Gasteiger partial charge on any atom is 0.179 e. The Morgan fingerprint density at radius 1 is 1.40 bits per heavy atom. The number of carbonyl (C=O) groups is 1. The maximum absolute atomic E-state index is 12.6. The molecule has 0 aliphatic carbocycles. The van der Waals surface area contributed by atoms with E-state index in [2.05, 4.69) is 23.9 Å². The third kappa shape index (κ3) is 3.60. The van der Waals surface area contributed by atoms with Crippen molar-refractivity contribution in [2.75, 3.05) is 27.2 Å². The van der Waals surface area contributed by atoms with Crippen molar-refractivity contribution < 1.29 is 4.79 Å². The van der Waals surface area contributed by atoms with E-state index in [4.69, 9.17) is 11.6 Å². The molecule has 2 atom stereocenters. The molecule has 1 fully saturated rings. The van der Waals surface area contributed by atoms with E-state index in [0.717, 1.165) is 18.7 Å². The highest BCUT2D eigenvalue weighted by atomic mass is 35.5. The van der Waals surface area contributed by atoms with Crippen LogP contribution in [0.2, 0.25) is 5.02 Å². The van der Waals surface area contributed by atoms with Gasteiger partial charge in [0.2, 0.25) is 0 Å². The first kappa shape index (κ1) is 15.5. The topological polar surface area (TPSA) is 23.6 Å². The molecule has 1 heterocycles. The van der Waals surface area contributed by atoms with Crippen LogP contribution in [0.15, 0.2) is 24.3 Å². The van der Waals surface area contributed by atoms with Crippen LogP contribution in [0.3, 0.4) is 0 Å². The van der Waals surface area contributed by atoms with Crippen LogP contribution >= 0.6 is 11.6 Å². The first-order chi connectivity index (χ1) is 9.49. The van der Waals surface area contributed by atoms with Crippen molar-refractivity contribution in [1.29, 1.82) is 0 Å². The number of ketones is 1. The minimum atomic E-state index is -0.0661. The average molecular weight is 295 g/mol. The van der Waals surface area contributed by atoms with Crippen LogP contribution in [-0.2, 0) is 0 Å². The van der Waals surface area contributed by atoms with Gasteiger partial charge in [-0.3, -0.25) is 9.69 Å². The Morgan fingerprint density at radius 2 is 2.05 bits per heavy atom. The molecular weight excluding hydrogens is 272 g/mol. The summed E-state index contributed by atoms with van der Waals surface area (Å²) in [6.07, 6.45) is 2.35. The van der Waals surface area contributed by atoms with Gasteiger partial charge < -0.3 is 4.90 Å². The molecule has 1 aliphatic heterocycles. The van der Waals surface area contributed by atoms with Crippen molar-refractivity contribution in [3.8, 4) is 0 Å². The molecule has 3 nitrogen and oxygen atoms in total. The molecule has 0 bridgehead atoms. The monoisotopic (exact) mass is 294 g/mol. The minimum absolute atomic E-state index is 0.0661. The Labute approximate surface area is 126 Å². The highest BCUT2D eigenvalue weighted by molar-refractivity contribution is 6.30. The molecule has 1 aromatic rings. The number of likely N-dealkylation sites (N-methyl/N-ethyl adjacent to an activating group) is 1. The van der Waals surface area contributed by atoms with Gasteiger partial charge in [0.15, 0.2) is 5.78 Å². The standard InChI is InChI=1S/C16H23ClN2O/c1-12(16(20)13-6-8-14(17)9-7-13)19-10-4-5-15(19)11-18(2)3/h6-9,12,15H,4-5,10-11H2,1-3H3. The molecular formula is C16H23ClN2O. The molecule has 0 aromatic heterocycles. The number of Topliss-reactive ketones (excluding diaryl/α,β-unsaturated/α-hetero) is 1. The van der Waals surface area contributed by atoms with Gasteiger partial charge in [-0.1, -0.05) is 11.6 Å². The molecule has 1 saturated heterocycles. The molecule has 0 N–H and O–H groups in total. The van der Waals surface area contributed by atoms with Gasteiger partial charge in [0.05, 0.1) is 6.04 Å². The molecule has 2 unspecified atom stereocenters. The second-order valence-electron chi connectivity index (χ2n) is 5.84. The van der Waals surface area contributed by atoms with Crippen LogP contribution in [-0.4, -0.2) is 54.9 Å². The largest absolute Gasteiger partial charge is 0.308 e. The Hall–Kier alpha value is -0.900. The quantitative estimate of drug-likeness (QED) is 0.780. The molecule has 110 valence electrons. The Balaban J connectivity index is 2.07. The Kier molecular flexibility index (Phi) is 5.19. The van der Waals surface area contributed by atoms with Crippen molar-refractivity contribution in [2.45, 2.75) is 31.8 Å². The van der Waals surface area contributed by atoms with Crippen LogP contribution in [0.25, 0.3) is 0 Å². The van der Waals surface area contributed by atoms with Crippen molar-refractivity contribution in [1.82, 2.24) is 9.80 Å². The molecule has 4 heteroatoms. The highest BCUT2D eigenvalue weighted by Crippen LogP contribution is 2.23. The summed E-state index contributed by atoms with van der Waals surface area (Å²) in [5.41, 5.74) is 0.748. The van der Waals surface area contributed by atoms with E-state index in [-0.39, 0.29) is 11.8 Å². The first-order valence-electron chi connectivity index (χ1n) is 7.19. The maximum atomic E-state index is 12.6. The van der Waals surface area contributed by atoms with Crippen molar-refractivity contribution >= 4 is 17.4 Å². The Bertz CT molecular complexity index is 458. The molecule has 20 heavy (non-hydrogen) atoms. The molecule has 0 radical (unpaired) electrons. The third-order valence-corrected chi connectivity index (χ3v) is 4.26. The summed E-state index contributed by atoms with van der Waals surface area (Å²) in [5, 5.41) is 0.667. The normalized spacial score (nSPS) is 21.4. The van der Waals surface area contributed by atoms with Gasteiger partial charge in [0.1, 0.15) is 0 Å². The van der Waals surface area contributed by atoms with E-state index in [1.54, 1.807) is 12.1 Å². The third-order valence-electron chi connectivity index (χ3n) is 4.00. The van der Waals surface area contributed by atoms with Crippen LogP contribution in [0, 0.1) is 0 Å². The zero-order valence-electron chi connectivity index (χ0n) is 12.5. The minimum Gasteiger partial charge on any atom is -0.308 e. The lowest BCUT2D eigenvalue weighted by Crippen LogP contribution is -2.46. The van der Waals surface area contributed by atoms with E-state index >= 15 is 0 Å². The first-order valence-corrected chi connectivity index (χ1v) is 7.57. The fourth-order valence-corrected chi connectivity index (χ4v) is 3.12. The van der Waals surface area contributed by atoms with E-state index in [1.165, 1.54) is 12.8 Å². The zero-order valence-corrected chi connectivity index (χ0v) is 13.2. The van der Waals surface area contributed by atoms with Gasteiger partial charge in [-0.2, -0.15) is 0 Å². The summed E-state index contributed by atoms with van der Waals surface area (Å²) in [6, 6.07) is 7.61. The predicted molar refractivity (Wildman–Crippen MR) is 83.5 cm³/mol. The van der Waals surface area contributed by atoms with Gasteiger partial charge in [-0.25, -0.2) is 0 Å². The van der Waals surface area contributed by atoms with Crippen LogP contribution in [0.4, 0.5) is 0 Å². The van der Waals surface area contributed by atoms with Gasteiger partial charge in [-0.15, -0.1) is 0 Å². The fraction of sp³-hybridized carbons (Fsp3) is 0.562. The lowest BCUT2D eigenvalue weighted by Gasteiger charge is -2.31. The molecule has 0 saturated carbocycles. The summed E-state index contributed by atoms with van der Waals surface area (Å²) in [7, 11) is 4.17. The second-order valence-corrected chi connectivity index (χ2v) is 6.28. The Morgan fingerprint density at radius 3 is 2.65 bits per heavy atom. The summed E-state index contributed by atoms with van der Waals surface area (Å²) in [6.45, 7) is 4.04. The van der Waals surface area contributed by atoms with Gasteiger partial charge in [-0.05, 0) is 64.7 Å². The number of hydrogen-bond acceptors (Lipinski definition) is 3. The van der Waals surface area contributed by atoms with Crippen molar-refractivity contribution in [3.63, 3.8) is 0 Å². The van der Waals surface area contributed by atoms with Gasteiger partial charge in [0.25, 0.3) is 0 Å². The molecule has 0 amide bonds. The van der Waals surface area contributed by atoms with Crippen molar-refractivity contribution in [2.24, 2.45) is 0 Å². The summed E-state index contributed by atoms with van der Waals surface area (Å²) >= 11 is 5.88. The highest BCUT2D eigenvalue weighted by Gasteiger charge is 2.32. The van der Waals surface area contributed by atoms with Crippen LogP contribution < -0.4 is 0 Å². The number of likely N-dealkylation sites (tertiary alicyclic amines) is 1. The average Bonchev–Trinajstić information content (AvgIpc) is 2.85.